The number of aromatic hydroxyl groups is 2. The lowest BCUT2D eigenvalue weighted by Crippen LogP contribution is -2.32. The normalized spacial score (nSPS) is 15.4. The van der Waals surface area contributed by atoms with Crippen molar-refractivity contribution in [3.63, 3.8) is 0 Å². The molecule has 1 aromatic heterocycles. The van der Waals surface area contributed by atoms with Gasteiger partial charge in [-0.1, -0.05) is 12.1 Å². The SMILES string of the molecule is COCCN1C(=O)c2[nH]nc(-c3cc(C)cc(C)c3O)c2C1c1ccc(O)c(OC)c1. The number of aromatic nitrogens is 2. The number of phenolic OH excluding ortho intramolecular Hbond substituents is 2. The molecule has 0 aliphatic carbocycles. The number of aromatic amines is 1. The van der Waals surface area contributed by atoms with Crippen LogP contribution in [0.3, 0.4) is 0 Å². The zero-order valence-corrected chi connectivity index (χ0v) is 17.9. The predicted octanol–water partition coefficient (Wildman–Crippen LogP) is 3.30. The van der Waals surface area contributed by atoms with Gasteiger partial charge >= 0.3 is 0 Å². The van der Waals surface area contributed by atoms with Gasteiger partial charge in [0.25, 0.3) is 5.91 Å². The second-order valence-electron chi connectivity index (χ2n) is 7.66. The van der Waals surface area contributed by atoms with Crippen molar-refractivity contribution in [1.82, 2.24) is 15.1 Å². The molecule has 2 heterocycles. The van der Waals surface area contributed by atoms with Gasteiger partial charge in [0.2, 0.25) is 0 Å². The van der Waals surface area contributed by atoms with Crippen LogP contribution in [-0.2, 0) is 4.74 Å². The summed E-state index contributed by atoms with van der Waals surface area (Å²) in [7, 11) is 3.06. The summed E-state index contributed by atoms with van der Waals surface area (Å²) in [6, 6.07) is 8.27. The van der Waals surface area contributed by atoms with E-state index in [0.29, 0.717) is 41.4 Å². The second-order valence-corrected chi connectivity index (χ2v) is 7.66. The van der Waals surface area contributed by atoms with Crippen molar-refractivity contribution in [2.24, 2.45) is 0 Å². The third kappa shape index (κ3) is 3.38. The van der Waals surface area contributed by atoms with E-state index in [2.05, 4.69) is 10.2 Å². The molecule has 0 spiro atoms. The first kappa shape index (κ1) is 20.7. The summed E-state index contributed by atoms with van der Waals surface area (Å²) in [5.41, 5.74) is 4.59. The fraction of sp³-hybridized carbons (Fsp3) is 0.304. The van der Waals surface area contributed by atoms with Crippen molar-refractivity contribution in [1.29, 1.82) is 0 Å². The molecule has 3 N–H and O–H groups in total. The summed E-state index contributed by atoms with van der Waals surface area (Å²) < 4.78 is 10.5. The van der Waals surface area contributed by atoms with Gasteiger partial charge < -0.3 is 24.6 Å². The van der Waals surface area contributed by atoms with E-state index in [1.165, 1.54) is 7.11 Å². The molecular weight excluding hydrogens is 398 g/mol. The van der Waals surface area contributed by atoms with Crippen LogP contribution >= 0.6 is 0 Å². The number of phenols is 2. The average molecular weight is 423 g/mol. The molecule has 2 aromatic carbocycles. The highest BCUT2D eigenvalue weighted by molar-refractivity contribution is 6.00. The zero-order chi connectivity index (χ0) is 22.3. The van der Waals surface area contributed by atoms with Crippen LogP contribution in [0, 0.1) is 13.8 Å². The second kappa shape index (κ2) is 7.96. The molecule has 0 bridgehead atoms. The third-order valence-electron chi connectivity index (χ3n) is 5.62. The molecule has 8 heteroatoms. The van der Waals surface area contributed by atoms with E-state index in [1.54, 1.807) is 30.2 Å². The maximum atomic E-state index is 13.2. The topological polar surface area (TPSA) is 108 Å². The Hall–Kier alpha value is -3.52. The van der Waals surface area contributed by atoms with Gasteiger partial charge in [-0.3, -0.25) is 9.89 Å². The molecule has 1 aliphatic rings. The van der Waals surface area contributed by atoms with Gasteiger partial charge in [0, 0.05) is 24.8 Å². The maximum Gasteiger partial charge on any atom is 0.273 e. The summed E-state index contributed by atoms with van der Waals surface area (Å²) in [6.07, 6.45) is 0. The van der Waals surface area contributed by atoms with Gasteiger partial charge in [-0.05, 0) is 48.7 Å². The minimum atomic E-state index is -0.485. The molecule has 31 heavy (non-hydrogen) atoms. The van der Waals surface area contributed by atoms with Gasteiger partial charge in [-0.15, -0.1) is 0 Å². The molecular formula is C23H25N3O5. The van der Waals surface area contributed by atoms with Gasteiger partial charge in [0.05, 0.1) is 19.8 Å². The Kier molecular flexibility index (Phi) is 5.32. The van der Waals surface area contributed by atoms with Crippen molar-refractivity contribution >= 4 is 5.91 Å². The van der Waals surface area contributed by atoms with Crippen molar-refractivity contribution < 1.29 is 24.5 Å². The number of nitrogens with zero attached hydrogens (tertiary/aromatic N) is 2. The lowest BCUT2D eigenvalue weighted by molar-refractivity contribution is 0.0677. The molecule has 3 aromatic rings. The Morgan fingerprint density at radius 2 is 1.94 bits per heavy atom. The van der Waals surface area contributed by atoms with Gasteiger partial charge in [-0.2, -0.15) is 5.10 Å². The molecule has 0 fully saturated rings. The molecule has 1 amide bonds. The van der Waals surface area contributed by atoms with Crippen LogP contribution in [0.25, 0.3) is 11.3 Å². The number of carbonyl (C=O) groups is 1. The van der Waals surface area contributed by atoms with Crippen LogP contribution in [0.2, 0.25) is 0 Å². The molecule has 1 unspecified atom stereocenters. The van der Waals surface area contributed by atoms with Crippen molar-refractivity contribution in [3.05, 3.63) is 58.3 Å². The molecule has 162 valence electrons. The van der Waals surface area contributed by atoms with Crippen LogP contribution in [0.15, 0.2) is 30.3 Å². The lowest BCUT2D eigenvalue weighted by Gasteiger charge is -2.26. The number of ether oxygens (including phenoxy) is 2. The first-order valence-electron chi connectivity index (χ1n) is 9.93. The standard InChI is InChI=1S/C23H25N3O5/c1-12-9-13(2)22(28)15(10-12)19-18-20(25-24-19)23(29)26(7-8-30-3)21(18)14-5-6-16(27)17(11-14)31-4/h5-6,9-11,21,27-28H,7-8H2,1-4H3,(H,24,25). The molecule has 0 radical (unpaired) electrons. The van der Waals surface area contributed by atoms with Crippen LogP contribution in [0.4, 0.5) is 0 Å². The number of aryl methyl sites for hydroxylation is 2. The summed E-state index contributed by atoms with van der Waals surface area (Å²) >= 11 is 0. The molecule has 8 nitrogen and oxygen atoms in total. The Balaban J connectivity index is 1.93. The van der Waals surface area contributed by atoms with Gasteiger partial charge in [-0.25, -0.2) is 0 Å². The van der Waals surface area contributed by atoms with E-state index in [-0.39, 0.29) is 17.4 Å². The Bertz CT molecular complexity index is 1150. The molecule has 1 atom stereocenters. The Labute approximate surface area is 180 Å². The number of nitrogens with one attached hydrogen (secondary N) is 1. The van der Waals surface area contributed by atoms with Crippen molar-refractivity contribution in [3.8, 4) is 28.5 Å². The van der Waals surface area contributed by atoms with Crippen LogP contribution in [0.5, 0.6) is 17.2 Å². The van der Waals surface area contributed by atoms with Gasteiger partial charge in [0.1, 0.15) is 17.1 Å². The number of benzene rings is 2. The van der Waals surface area contributed by atoms with E-state index in [0.717, 1.165) is 16.7 Å². The molecule has 0 saturated heterocycles. The van der Waals surface area contributed by atoms with Crippen LogP contribution in [0.1, 0.15) is 38.8 Å². The quantitative estimate of drug-likeness (QED) is 0.561. The highest BCUT2D eigenvalue weighted by atomic mass is 16.5. The van der Waals surface area contributed by atoms with Gasteiger partial charge in [0.15, 0.2) is 11.5 Å². The minimum absolute atomic E-state index is 0.0126. The number of fused-ring (bicyclic) bond motifs is 1. The Morgan fingerprint density at radius 1 is 1.16 bits per heavy atom. The maximum absolute atomic E-state index is 13.2. The van der Waals surface area contributed by atoms with E-state index >= 15 is 0 Å². The minimum Gasteiger partial charge on any atom is -0.507 e. The number of methoxy groups -OCH3 is 2. The molecule has 1 aliphatic heterocycles. The average Bonchev–Trinajstić information content (AvgIpc) is 3.28. The zero-order valence-electron chi connectivity index (χ0n) is 17.9. The number of hydrogen-bond acceptors (Lipinski definition) is 6. The summed E-state index contributed by atoms with van der Waals surface area (Å²) in [4.78, 5) is 14.9. The fourth-order valence-corrected chi connectivity index (χ4v) is 4.17. The van der Waals surface area contributed by atoms with E-state index in [4.69, 9.17) is 9.47 Å². The Morgan fingerprint density at radius 3 is 2.65 bits per heavy atom. The fourth-order valence-electron chi connectivity index (χ4n) is 4.17. The number of H-pyrrole nitrogens is 1. The number of carbonyl (C=O) groups excluding carboxylic acids is 1. The van der Waals surface area contributed by atoms with Crippen LogP contribution in [-0.4, -0.2) is 58.6 Å². The first-order chi connectivity index (χ1) is 14.9. The van der Waals surface area contributed by atoms with E-state index in [1.807, 2.05) is 26.0 Å². The van der Waals surface area contributed by atoms with E-state index in [9.17, 15) is 15.0 Å². The smallest absolute Gasteiger partial charge is 0.273 e. The summed E-state index contributed by atoms with van der Waals surface area (Å²) in [5, 5.41) is 28.1. The number of hydrogen-bond donors (Lipinski definition) is 3. The molecule has 4 rings (SSSR count). The summed E-state index contributed by atoms with van der Waals surface area (Å²) in [6.45, 7) is 4.50. The molecule has 0 saturated carbocycles. The summed E-state index contributed by atoms with van der Waals surface area (Å²) in [5.74, 6) is 0.249. The predicted molar refractivity (Wildman–Crippen MR) is 115 cm³/mol. The largest absolute Gasteiger partial charge is 0.507 e. The number of rotatable bonds is 6. The van der Waals surface area contributed by atoms with Crippen LogP contribution < -0.4 is 4.74 Å². The number of amides is 1. The van der Waals surface area contributed by atoms with E-state index < -0.39 is 6.04 Å². The van der Waals surface area contributed by atoms with Crippen molar-refractivity contribution in [2.75, 3.05) is 27.4 Å². The highest BCUT2D eigenvalue weighted by Gasteiger charge is 2.42. The monoisotopic (exact) mass is 423 g/mol. The lowest BCUT2D eigenvalue weighted by atomic mass is 9.94. The highest BCUT2D eigenvalue weighted by Crippen LogP contribution is 2.46. The first-order valence-corrected chi connectivity index (χ1v) is 9.93. The van der Waals surface area contributed by atoms with Crippen molar-refractivity contribution in [2.45, 2.75) is 19.9 Å². The third-order valence-corrected chi connectivity index (χ3v) is 5.62.